The van der Waals surface area contributed by atoms with E-state index in [4.69, 9.17) is 0 Å². The van der Waals surface area contributed by atoms with Gasteiger partial charge in [0.1, 0.15) is 0 Å². The van der Waals surface area contributed by atoms with Crippen LogP contribution in [-0.2, 0) is 0 Å². The fraction of sp³-hybridized carbons (Fsp3) is 0.0526. The maximum atomic E-state index is 4.39. The van der Waals surface area contributed by atoms with Crippen molar-refractivity contribution in [3.8, 4) is 44.5 Å². The van der Waals surface area contributed by atoms with E-state index in [0.717, 1.165) is 16.8 Å². The Labute approximate surface area is 234 Å². The molecule has 0 aliphatic rings. The first-order valence-corrected chi connectivity index (χ1v) is 13.6. The number of pyridine rings is 2. The summed E-state index contributed by atoms with van der Waals surface area (Å²) in [5.74, 6) is 0. The van der Waals surface area contributed by atoms with Crippen LogP contribution in [0.1, 0.15) is 11.3 Å². The number of aryl methyl sites for hydroxylation is 2. The minimum atomic E-state index is 1.02. The predicted octanol–water partition coefficient (Wildman–Crippen LogP) is 10.1. The van der Waals surface area contributed by atoms with Crippen LogP contribution in [0.2, 0.25) is 0 Å². The van der Waals surface area contributed by atoms with E-state index in [1.54, 1.807) is 0 Å². The highest BCUT2D eigenvalue weighted by Crippen LogP contribution is 2.44. The van der Waals surface area contributed by atoms with E-state index in [0.29, 0.717) is 0 Å². The van der Waals surface area contributed by atoms with Crippen molar-refractivity contribution in [3.63, 3.8) is 0 Å². The average molecular weight is 513 g/mol. The molecule has 0 bridgehead atoms. The number of rotatable bonds is 4. The highest BCUT2D eigenvalue weighted by atomic mass is 14.6. The molecule has 0 aliphatic carbocycles. The third-order valence-corrected chi connectivity index (χ3v) is 7.69. The number of aromatic nitrogens is 2. The standard InChI is InChI=1S/C38H28N2/c1-25-20-32(24-39-23-25)27-14-16-28(17-15-27)37-33-10-3-5-12-35(33)38(36-13-6-4-11-34(36)37)31-9-7-8-29(22-31)30-18-19-40-26(2)21-30/h3-24H,1-2H3. The van der Waals surface area contributed by atoms with Gasteiger partial charge in [0.2, 0.25) is 0 Å². The lowest BCUT2D eigenvalue weighted by molar-refractivity contribution is 1.20. The van der Waals surface area contributed by atoms with Crippen molar-refractivity contribution in [2.45, 2.75) is 13.8 Å². The van der Waals surface area contributed by atoms with Gasteiger partial charge in [-0.25, -0.2) is 0 Å². The molecule has 2 nitrogen and oxygen atoms in total. The molecule has 190 valence electrons. The fourth-order valence-electron chi connectivity index (χ4n) is 5.87. The maximum Gasteiger partial charge on any atom is 0.0378 e. The smallest absolute Gasteiger partial charge is 0.0378 e. The van der Waals surface area contributed by atoms with Crippen LogP contribution in [0.25, 0.3) is 66.1 Å². The summed E-state index contributed by atoms with van der Waals surface area (Å²) in [4.78, 5) is 8.78. The molecule has 0 saturated heterocycles. The van der Waals surface area contributed by atoms with Crippen molar-refractivity contribution in [1.29, 1.82) is 0 Å². The highest BCUT2D eigenvalue weighted by molar-refractivity contribution is 6.21. The topological polar surface area (TPSA) is 25.8 Å². The third kappa shape index (κ3) is 4.24. The third-order valence-electron chi connectivity index (χ3n) is 7.69. The molecule has 2 aromatic heterocycles. The molecule has 0 atom stereocenters. The molecule has 0 aliphatic heterocycles. The van der Waals surface area contributed by atoms with Gasteiger partial charge in [-0.05, 0) is 104 Å². The molecular weight excluding hydrogens is 484 g/mol. The first-order chi connectivity index (χ1) is 19.7. The molecule has 0 amide bonds. The van der Waals surface area contributed by atoms with E-state index >= 15 is 0 Å². The second kappa shape index (κ2) is 9.91. The Morgan fingerprint density at radius 2 is 1.00 bits per heavy atom. The van der Waals surface area contributed by atoms with Crippen LogP contribution in [0.15, 0.2) is 134 Å². The summed E-state index contributed by atoms with van der Waals surface area (Å²) < 4.78 is 0. The molecule has 2 heterocycles. The summed E-state index contributed by atoms with van der Waals surface area (Å²) in [5, 5.41) is 5.02. The monoisotopic (exact) mass is 512 g/mol. The van der Waals surface area contributed by atoms with E-state index in [-0.39, 0.29) is 0 Å². The van der Waals surface area contributed by atoms with Crippen LogP contribution >= 0.6 is 0 Å². The second-order valence-electron chi connectivity index (χ2n) is 10.4. The van der Waals surface area contributed by atoms with E-state index in [1.165, 1.54) is 60.5 Å². The van der Waals surface area contributed by atoms with E-state index < -0.39 is 0 Å². The minimum absolute atomic E-state index is 1.02. The zero-order chi connectivity index (χ0) is 27.1. The van der Waals surface area contributed by atoms with Gasteiger partial charge < -0.3 is 0 Å². The molecule has 0 spiro atoms. The van der Waals surface area contributed by atoms with Crippen LogP contribution in [0.5, 0.6) is 0 Å². The van der Waals surface area contributed by atoms with Gasteiger partial charge in [-0.15, -0.1) is 0 Å². The normalized spacial score (nSPS) is 11.2. The van der Waals surface area contributed by atoms with Crippen LogP contribution in [0.4, 0.5) is 0 Å². The van der Waals surface area contributed by atoms with Crippen molar-refractivity contribution in [3.05, 3.63) is 145 Å². The Bertz CT molecular complexity index is 1960. The van der Waals surface area contributed by atoms with Crippen LogP contribution < -0.4 is 0 Å². The molecule has 7 aromatic rings. The summed E-state index contributed by atoms with van der Waals surface area (Å²) in [5.41, 5.74) is 11.8. The summed E-state index contributed by atoms with van der Waals surface area (Å²) >= 11 is 0. The Morgan fingerprint density at radius 3 is 1.62 bits per heavy atom. The number of nitrogens with zero attached hydrogens (tertiary/aromatic N) is 2. The first kappa shape index (κ1) is 24.0. The van der Waals surface area contributed by atoms with E-state index in [1.807, 2.05) is 25.5 Å². The quantitative estimate of drug-likeness (QED) is 0.219. The summed E-state index contributed by atoms with van der Waals surface area (Å²) in [7, 11) is 0. The predicted molar refractivity (Wildman–Crippen MR) is 168 cm³/mol. The summed E-state index contributed by atoms with van der Waals surface area (Å²) in [6.45, 7) is 4.12. The van der Waals surface area contributed by atoms with Gasteiger partial charge >= 0.3 is 0 Å². The lowest BCUT2D eigenvalue weighted by Gasteiger charge is -2.18. The Hall–Kier alpha value is -5.08. The zero-order valence-corrected chi connectivity index (χ0v) is 22.6. The molecular formula is C38H28N2. The molecule has 2 heteroatoms. The van der Waals surface area contributed by atoms with Crippen molar-refractivity contribution in [2.24, 2.45) is 0 Å². The lowest BCUT2D eigenvalue weighted by Crippen LogP contribution is -1.91. The van der Waals surface area contributed by atoms with Crippen LogP contribution in [-0.4, -0.2) is 9.97 Å². The highest BCUT2D eigenvalue weighted by Gasteiger charge is 2.17. The largest absolute Gasteiger partial charge is 0.264 e. The Balaban J connectivity index is 1.45. The molecule has 5 aromatic carbocycles. The van der Waals surface area contributed by atoms with E-state index in [9.17, 15) is 0 Å². The molecule has 0 saturated carbocycles. The molecule has 0 unspecified atom stereocenters. The van der Waals surface area contributed by atoms with Crippen molar-refractivity contribution in [1.82, 2.24) is 9.97 Å². The van der Waals surface area contributed by atoms with Crippen LogP contribution in [0, 0.1) is 13.8 Å². The fourth-order valence-corrected chi connectivity index (χ4v) is 5.87. The van der Waals surface area contributed by atoms with Crippen molar-refractivity contribution >= 4 is 21.5 Å². The second-order valence-corrected chi connectivity index (χ2v) is 10.4. The van der Waals surface area contributed by atoms with Crippen molar-refractivity contribution in [2.75, 3.05) is 0 Å². The molecule has 0 fully saturated rings. The molecule has 0 radical (unpaired) electrons. The summed E-state index contributed by atoms with van der Waals surface area (Å²) in [6, 6.07) is 41.9. The minimum Gasteiger partial charge on any atom is -0.264 e. The van der Waals surface area contributed by atoms with Gasteiger partial charge in [-0.2, -0.15) is 0 Å². The molecule has 7 rings (SSSR count). The SMILES string of the molecule is Cc1cncc(-c2ccc(-c3c4ccccc4c(-c4cccc(-c5ccnc(C)c5)c4)c4ccccc34)cc2)c1. The van der Waals surface area contributed by atoms with Gasteiger partial charge in [0.15, 0.2) is 0 Å². The zero-order valence-electron chi connectivity index (χ0n) is 22.6. The first-order valence-electron chi connectivity index (χ1n) is 13.6. The van der Waals surface area contributed by atoms with Crippen molar-refractivity contribution < 1.29 is 0 Å². The Kier molecular flexibility index (Phi) is 5.94. The number of benzene rings is 5. The van der Waals surface area contributed by atoms with Gasteiger partial charge in [0.05, 0.1) is 0 Å². The van der Waals surface area contributed by atoms with Gasteiger partial charge in [0.25, 0.3) is 0 Å². The number of hydrogen-bond donors (Lipinski definition) is 0. The molecule has 40 heavy (non-hydrogen) atoms. The number of fused-ring (bicyclic) bond motifs is 2. The maximum absolute atomic E-state index is 4.39. The molecule has 0 N–H and O–H groups in total. The van der Waals surface area contributed by atoms with Gasteiger partial charge in [-0.1, -0.05) is 91.0 Å². The van der Waals surface area contributed by atoms with Gasteiger partial charge in [0, 0.05) is 29.8 Å². The van der Waals surface area contributed by atoms with Crippen LogP contribution in [0.3, 0.4) is 0 Å². The summed E-state index contributed by atoms with van der Waals surface area (Å²) in [6.07, 6.45) is 5.71. The Morgan fingerprint density at radius 1 is 0.425 bits per heavy atom. The van der Waals surface area contributed by atoms with Gasteiger partial charge in [-0.3, -0.25) is 9.97 Å². The van der Waals surface area contributed by atoms with E-state index in [2.05, 4.69) is 132 Å². The average Bonchev–Trinajstić information content (AvgIpc) is 3.00. The lowest BCUT2D eigenvalue weighted by atomic mass is 9.85. The number of hydrogen-bond acceptors (Lipinski definition) is 2.